The summed E-state index contributed by atoms with van der Waals surface area (Å²) in [6.07, 6.45) is 4.21. The average molecular weight is 448 g/mol. The van der Waals surface area contributed by atoms with Crippen molar-refractivity contribution in [1.29, 1.82) is 0 Å². The molecule has 3 rings (SSSR count). The summed E-state index contributed by atoms with van der Waals surface area (Å²) < 4.78 is 10.5. The second-order valence-corrected chi connectivity index (χ2v) is 8.52. The maximum absolute atomic E-state index is 12.7. The van der Waals surface area contributed by atoms with E-state index in [0.717, 1.165) is 42.8 Å². The Labute approximate surface area is 188 Å². The second kappa shape index (κ2) is 10.7. The van der Waals surface area contributed by atoms with Gasteiger partial charge in [0.1, 0.15) is 11.5 Å². The Kier molecular flexibility index (Phi) is 7.96. The van der Waals surface area contributed by atoms with E-state index in [1.807, 2.05) is 18.7 Å². The molecule has 7 nitrogen and oxygen atoms in total. The minimum Gasteiger partial charge on any atom is -0.495 e. The molecule has 1 aromatic heterocycles. The fourth-order valence-electron chi connectivity index (χ4n) is 4.10. The number of aryl methyl sites for hydroxylation is 2. The molecule has 1 atom stereocenters. The highest BCUT2D eigenvalue weighted by molar-refractivity contribution is 6.31. The van der Waals surface area contributed by atoms with E-state index < -0.39 is 0 Å². The lowest BCUT2D eigenvalue weighted by Crippen LogP contribution is -2.40. The fraction of sp³-hybridized carbons (Fsp3) is 0.522. The first kappa shape index (κ1) is 23.1. The number of anilines is 1. The van der Waals surface area contributed by atoms with Crippen LogP contribution in [0.1, 0.15) is 49.1 Å². The molecule has 0 spiro atoms. The van der Waals surface area contributed by atoms with Crippen LogP contribution < -0.4 is 10.1 Å². The monoisotopic (exact) mass is 447 g/mol. The van der Waals surface area contributed by atoms with Crippen LogP contribution in [0.25, 0.3) is 0 Å². The van der Waals surface area contributed by atoms with Gasteiger partial charge >= 0.3 is 0 Å². The normalized spacial score (nSPS) is 16.3. The van der Waals surface area contributed by atoms with Gasteiger partial charge in [-0.2, -0.15) is 0 Å². The average Bonchev–Trinajstić information content (AvgIpc) is 3.08. The van der Waals surface area contributed by atoms with Gasteiger partial charge in [-0.15, -0.1) is 0 Å². The number of amides is 2. The molecule has 1 N–H and O–H groups in total. The molecule has 8 heteroatoms. The lowest BCUT2D eigenvalue weighted by atomic mass is 9.93. The van der Waals surface area contributed by atoms with Crippen molar-refractivity contribution in [1.82, 2.24) is 10.1 Å². The highest BCUT2D eigenvalue weighted by Gasteiger charge is 2.24. The Morgan fingerprint density at radius 3 is 2.84 bits per heavy atom. The van der Waals surface area contributed by atoms with Gasteiger partial charge < -0.3 is 19.5 Å². The molecule has 1 aromatic carbocycles. The van der Waals surface area contributed by atoms with E-state index >= 15 is 0 Å². The van der Waals surface area contributed by atoms with Crippen LogP contribution in [0.2, 0.25) is 5.02 Å². The van der Waals surface area contributed by atoms with Crippen molar-refractivity contribution in [2.24, 2.45) is 5.92 Å². The second-order valence-electron chi connectivity index (χ2n) is 8.08. The molecule has 2 amide bonds. The molecule has 2 heterocycles. The standard InChI is InChI=1S/C23H30ClN3O4/c1-15-19(16(2)31-26-15)8-11-23(29)27-12-4-5-17(14-27)6-10-22(28)25-20-13-18(24)7-9-21(20)30-3/h7,9,13,17H,4-6,8,10-12,14H2,1-3H3,(H,25,28). The number of carbonyl (C=O) groups is 2. The molecular weight excluding hydrogens is 418 g/mol. The summed E-state index contributed by atoms with van der Waals surface area (Å²) in [6.45, 7) is 5.26. The number of halogens is 1. The summed E-state index contributed by atoms with van der Waals surface area (Å²) in [4.78, 5) is 27.1. The summed E-state index contributed by atoms with van der Waals surface area (Å²) in [5, 5.41) is 7.37. The lowest BCUT2D eigenvalue weighted by molar-refractivity contribution is -0.133. The largest absolute Gasteiger partial charge is 0.495 e. The zero-order valence-electron chi connectivity index (χ0n) is 18.4. The molecule has 0 bridgehead atoms. The van der Waals surface area contributed by atoms with Gasteiger partial charge in [0, 0.05) is 36.5 Å². The van der Waals surface area contributed by atoms with E-state index in [1.165, 1.54) is 0 Å². The molecule has 1 aliphatic rings. The minimum absolute atomic E-state index is 0.0811. The highest BCUT2D eigenvalue weighted by atomic mass is 35.5. The van der Waals surface area contributed by atoms with Crippen molar-refractivity contribution in [2.45, 2.75) is 52.4 Å². The maximum Gasteiger partial charge on any atom is 0.224 e. The first-order chi connectivity index (χ1) is 14.9. The van der Waals surface area contributed by atoms with E-state index in [0.29, 0.717) is 48.2 Å². The van der Waals surface area contributed by atoms with Crippen LogP contribution in [-0.4, -0.2) is 42.1 Å². The molecule has 2 aromatic rings. The van der Waals surface area contributed by atoms with Gasteiger partial charge in [-0.05, 0) is 63.6 Å². The van der Waals surface area contributed by atoms with Crippen molar-refractivity contribution < 1.29 is 18.8 Å². The van der Waals surface area contributed by atoms with E-state index in [4.69, 9.17) is 20.9 Å². The minimum atomic E-state index is -0.0811. The van der Waals surface area contributed by atoms with Crippen molar-refractivity contribution in [3.8, 4) is 5.75 Å². The predicted molar refractivity (Wildman–Crippen MR) is 119 cm³/mol. The number of likely N-dealkylation sites (tertiary alicyclic amines) is 1. The number of hydrogen-bond donors (Lipinski definition) is 1. The van der Waals surface area contributed by atoms with Crippen molar-refractivity contribution in [2.75, 3.05) is 25.5 Å². The number of aromatic nitrogens is 1. The topological polar surface area (TPSA) is 84.7 Å². The summed E-state index contributed by atoms with van der Waals surface area (Å²) in [6, 6.07) is 5.12. The summed E-state index contributed by atoms with van der Waals surface area (Å²) >= 11 is 6.02. The molecule has 0 radical (unpaired) electrons. The molecule has 0 aliphatic carbocycles. The van der Waals surface area contributed by atoms with E-state index in [2.05, 4.69) is 10.5 Å². The number of piperidine rings is 1. The number of ether oxygens (including phenoxy) is 1. The van der Waals surface area contributed by atoms with Crippen LogP contribution in [0.15, 0.2) is 22.7 Å². The quantitative estimate of drug-likeness (QED) is 0.642. The Morgan fingerprint density at radius 1 is 1.32 bits per heavy atom. The Balaban J connectivity index is 1.46. The molecule has 1 saturated heterocycles. The predicted octanol–water partition coefficient (Wildman–Crippen LogP) is 4.54. The van der Waals surface area contributed by atoms with Gasteiger partial charge in [0.2, 0.25) is 11.8 Å². The van der Waals surface area contributed by atoms with E-state index in [1.54, 1.807) is 25.3 Å². The third-order valence-corrected chi connectivity index (χ3v) is 6.09. The molecular formula is C23H30ClN3O4. The van der Waals surface area contributed by atoms with Crippen molar-refractivity contribution in [3.63, 3.8) is 0 Å². The summed E-state index contributed by atoms with van der Waals surface area (Å²) in [5.41, 5.74) is 2.44. The SMILES string of the molecule is COc1ccc(Cl)cc1NC(=O)CCC1CCCN(C(=O)CCc2c(C)noc2C)C1. The first-order valence-corrected chi connectivity index (χ1v) is 11.1. The maximum atomic E-state index is 12.7. The van der Waals surface area contributed by atoms with Crippen LogP contribution in [0.3, 0.4) is 0 Å². The van der Waals surface area contributed by atoms with Gasteiger partial charge in [0.15, 0.2) is 0 Å². The number of benzene rings is 1. The zero-order valence-corrected chi connectivity index (χ0v) is 19.1. The summed E-state index contributed by atoms with van der Waals surface area (Å²) in [5.74, 6) is 1.75. The Hall–Kier alpha value is -2.54. The van der Waals surface area contributed by atoms with Gasteiger partial charge in [0.05, 0.1) is 18.5 Å². The van der Waals surface area contributed by atoms with Crippen LogP contribution in [0.4, 0.5) is 5.69 Å². The number of nitrogens with one attached hydrogen (secondary N) is 1. The van der Waals surface area contributed by atoms with Gasteiger partial charge in [-0.25, -0.2) is 0 Å². The number of carbonyl (C=O) groups excluding carboxylic acids is 2. The molecule has 1 fully saturated rings. The highest BCUT2D eigenvalue weighted by Crippen LogP contribution is 2.28. The first-order valence-electron chi connectivity index (χ1n) is 10.7. The van der Waals surface area contributed by atoms with Crippen molar-refractivity contribution >= 4 is 29.1 Å². The van der Waals surface area contributed by atoms with Crippen LogP contribution >= 0.6 is 11.6 Å². The van der Waals surface area contributed by atoms with Gasteiger partial charge in [-0.3, -0.25) is 9.59 Å². The van der Waals surface area contributed by atoms with Crippen LogP contribution in [-0.2, 0) is 16.0 Å². The number of rotatable bonds is 8. The smallest absolute Gasteiger partial charge is 0.224 e. The molecule has 1 unspecified atom stereocenters. The molecule has 168 valence electrons. The number of hydrogen-bond acceptors (Lipinski definition) is 5. The fourth-order valence-corrected chi connectivity index (χ4v) is 4.27. The molecule has 0 saturated carbocycles. The van der Waals surface area contributed by atoms with Gasteiger partial charge in [-0.1, -0.05) is 16.8 Å². The van der Waals surface area contributed by atoms with E-state index in [9.17, 15) is 9.59 Å². The lowest BCUT2D eigenvalue weighted by Gasteiger charge is -2.33. The number of methoxy groups -OCH3 is 1. The van der Waals surface area contributed by atoms with Crippen molar-refractivity contribution in [3.05, 3.63) is 40.2 Å². The Bertz CT molecular complexity index is 908. The zero-order chi connectivity index (χ0) is 22.4. The van der Waals surface area contributed by atoms with Crippen LogP contribution in [0, 0.1) is 19.8 Å². The number of nitrogens with zero attached hydrogens (tertiary/aromatic N) is 2. The van der Waals surface area contributed by atoms with E-state index in [-0.39, 0.29) is 11.8 Å². The third kappa shape index (κ3) is 6.23. The summed E-state index contributed by atoms with van der Waals surface area (Å²) in [7, 11) is 1.55. The molecule has 31 heavy (non-hydrogen) atoms. The third-order valence-electron chi connectivity index (χ3n) is 5.86. The van der Waals surface area contributed by atoms with Crippen LogP contribution in [0.5, 0.6) is 5.75 Å². The Morgan fingerprint density at radius 2 is 2.13 bits per heavy atom. The molecule has 1 aliphatic heterocycles. The van der Waals surface area contributed by atoms with Gasteiger partial charge in [0.25, 0.3) is 0 Å².